The molecule has 0 aliphatic rings. The molecule has 0 saturated heterocycles. The van der Waals surface area contributed by atoms with E-state index in [0.29, 0.717) is 0 Å². The molecule has 0 spiro atoms. The van der Waals surface area contributed by atoms with Gasteiger partial charge in [0.1, 0.15) is 17.2 Å². The Hall–Kier alpha value is -3.60. The Morgan fingerprint density at radius 1 is 0.704 bits per heavy atom. The van der Waals surface area contributed by atoms with E-state index in [1.54, 1.807) is 25.2 Å². The van der Waals surface area contributed by atoms with Crippen LogP contribution in [-0.4, -0.2) is 29.2 Å². The van der Waals surface area contributed by atoms with Crippen LogP contribution in [0.3, 0.4) is 0 Å². The third-order valence-electron chi connectivity index (χ3n) is 4.40. The molecule has 1 heterocycles. The Balaban J connectivity index is 1.70. The van der Waals surface area contributed by atoms with Crippen LogP contribution in [0.25, 0.3) is 28.1 Å². The highest BCUT2D eigenvalue weighted by Crippen LogP contribution is 2.28. The number of ether oxygens (including phenoxy) is 2. The van der Waals surface area contributed by atoms with Crippen molar-refractivity contribution >= 4 is 0 Å². The molecule has 5 nitrogen and oxygen atoms in total. The molecule has 0 aliphatic carbocycles. The monoisotopic (exact) mass is 357 g/mol. The summed E-state index contributed by atoms with van der Waals surface area (Å²) in [6, 6.07) is 23.8. The van der Waals surface area contributed by atoms with Gasteiger partial charge >= 0.3 is 0 Å². The highest BCUT2D eigenvalue weighted by Gasteiger charge is 2.11. The Labute approximate surface area is 157 Å². The lowest BCUT2D eigenvalue weighted by atomic mass is 10.0. The first-order valence-corrected chi connectivity index (χ1v) is 8.59. The van der Waals surface area contributed by atoms with Gasteiger partial charge in [-0.3, -0.25) is 0 Å². The molecule has 0 bridgehead atoms. The predicted molar refractivity (Wildman–Crippen MR) is 105 cm³/mol. The van der Waals surface area contributed by atoms with Crippen molar-refractivity contribution in [1.82, 2.24) is 15.0 Å². The molecule has 27 heavy (non-hydrogen) atoms. The van der Waals surface area contributed by atoms with E-state index in [0.717, 1.165) is 39.6 Å². The molecule has 0 N–H and O–H groups in total. The molecule has 0 saturated carbocycles. The van der Waals surface area contributed by atoms with Crippen molar-refractivity contribution in [2.45, 2.75) is 0 Å². The zero-order valence-electron chi connectivity index (χ0n) is 15.2. The SMILES string of the molecule is COc1ccc(-c2cnn(-c3ccccc3-c3ccc(OC)cc3)n2)cc1. The van der Waals surface area contributed by atoms with Gasteiger partial charge in [0.05, 0.1) is 26.1 Å². The number of rotatable bonds is 5. The third kappa shape index (κ3) is 3.40. The Morgan fingerprint density at radius 2 is 1.30 bits per heavy atom. The Morgan fingerprint density at radius 3 is 1.93 bits per heavy atom. The van der Waals surface area contributed by atoms with Gasteiger partial charge in [-0.05, 0) is 48.0 Å². The Kier molecular flexibility index (Phi) is 4.58. The summed E-state index contributed by atoms with van der Waals surface area (Å²) in [7, 11) is 3.32. The van der Waals surface area contributed by atoms with Gasteiger partial charge in [0.25, 0.3) is 0 Å². The van der Waals surface area contributed by atoms with Gasteiger partial charge in [0, 0.05) is 11.1 Å². The lowest BCUT2D eigenvalue weighted by molar-refractivity contribution is 0.415. The minimum Gasteiger partial charge on any atom is -0.497 e. The highest BCUT2D eigenvalue weighted by atomic mass is 16.5. The van der Waals surface area contributed by atoms with Crippen molar-refractivity contribution in [2.75, 3.05) is 14.2 Å². The van der Waals surface area contributed by atoms with Crippen molar-refractivity contribution < 1.29 is 9.47 Å². The van der Waals surface area contributed by atoms with E-state index in [-0.39, 0.29) is 0 Å². The molecule has 3 aromatic carbocycles. The van der Waals surface area contributed by atoms with Crippen LogP contribution in [0.15, 0.2) is 79.0 Å². The molecule has 4 rings (SSSR count). The molecule has 0 atom stereocenters. The van der Waals surface area contributed by atoms with Crippen LogP contribution in [0.4, 0.5) is 0 Å². The summed E-state index contributed by atoms with van der Waals surface area (Å²) in [6.07, 6.45) is 1.77. The second-order valence-corrected chi connectivity index (χ2v) is 5.99. The fraction of sp³-hybridized carbons (Fsp3) is 0.0909. The van der Waals surface area contributed by atoms with Crippen LogP contribution in [0.5, 0.6) is 11.5 Å². The van der Waals surface area contributed by atoms with Gasteiger partial charge in [-0.25, -0.2) is 0 Å². The van der Waals surface area contributed by atoms with Crippen molar-refractivity contribution in [2.24, 2.45) is 0 Å². The van der Waals surface area contributed by atoms with E-state index in [1.807, 2.05) is 66.7 Å². The van der Waals surface area contributed by atoms with Crippen molar-refractivity contribution in [3.63, 3.8) is 0 Å². The van der Waals surface area contributed by atoms with E-state index >= 15 is 0 Å². The van der Waals surface area contributed by atoms with Crippen molar-refractivity contribution in [3.05, 3.63) is 79.0 Å². The third-order valence-corrected chi connectivity index (χ3v) is 4.40. The summed E-state index contributed by atoms with van der Waals surface area (Å²) in [4.78, 5) is 1.67. The second kappa shape index (κ2) is 7.33. The summed E-state index contributed by atoms with van der Waals surface area (Å²) in [5.74, 6) is 1.64. The molecular formula is C22H19N3O2. The van der Waals surface area contributed by atoms with E-state index < -0.39 is 0 Å². The minimum atomic E-state index is 0.808. The number of aromatic nitrogens is 3. The van der Waals surface area contributed by atoms with Crippen LogP contribution >= 0.6 is 0 Å². The normalized spacial score (nSPS) is 10.6. The summed E-state index contributed by atoms with van der Waals surface area (Å²) >= 11 is 0. The summed E-state index contributed by atoms with van der Waals surface area (Å²) in [5.41, 5.74) is 4.85. The van der Waals surface area contributed by atoms with E-state index in [4.69, 9.17) is 9.47 Å². The van der Waals surface area contributed by atoms with E-state index in [2.05, 4.69) is 16.3 Å². The molecular weight excluding hydrogens is 338 g/mol. The quantitative estimate of drug-likeness (QED) is 0.523. The molecule has 1 aromatic heterocycles. The summed E-state index contributed by atoms with van der Waals surface area (Å²) < 4.78 is 10.5. The first-order chi connectivity index (χ1) is 13.3. The molecule has 0 aliphatic heterocycles. The zero-order valence-corrected chi connectivity index (χ0v) is 15.2. The second-order valence-electron chi connectivity index (χ2n) is 5.99. The average molecular weight is 357 g/mol. The zero-order chi connectivity index (χ0) is 18.6. The highest BCUT2D eigenvalue weighted by molar-refractivity contribution is 5.73. The van der Waals surface area contributed by atoms with Crippen LogP contribution in [0.1, 0.15) is 0 Å². The van der Waals surface area contributed by atoms with Gasteiger partial charge in [-0.2, -0.15) is 9.90 Å². The smallest absolute Gasteiger partial charge is 0.118 e. The molecule has 5 heteroatoms. The first kappa shape index (κ1) is 16.8. The van der Waals surface area contributed by atoms with Crippen molar-refractivity contribution in [1.29, 1.82) is 0 Å². The lowest BCUT2D eigenvalue weighted by Crippen LogP contribution is -2.01. The molecule has 0 amide bonds. The number of nitrogens with zero attached hydrogens (tertiary/aromatic N) is 3. The number of methoxy groups -OCH3 is 2. The number of hydrogen-bond donors (Lipinski definition) is 0. The average Bonchev–Trinajstić information content (AvgIpc) is 3.24. The largest absolute Gasteiger partial charge is 0.497 e. The predicted octanol–water partition coefficient (Wildman–Crippen LogP) is 4.62. The maximum Gasteiger partial charge on any atom is 0.118 e. The first-order valence-electron chi connectivity index (χ1n) is 8.59. The van der Waals surface area contributed by atoms with Gasteiger partial charge in [0.2, 0.25) is 0 Å². The standard InChI is InChI=1S/C22H19N3O2/c1-26-18-11-7-16(8-12-18)20-5-3-4-6-22(20)25-23-15-21(24-25)17-9-13-19(27-2)14-10-17/h3-15H,1-2H3. The fourth-order valence-corrected chi connectivity index (χ4v) is 2.94. The fourth-order valence-electron chi connectivity index (χ4n) is 2.94. The van der Waals surface area contributed by atoms with E-state index in [9.17, 15) is 0 Å². The molecule has 0 fully saturated rings. The minimum absolute atomic E-state index is 0.808. The molecule has 0 unspecified atom stereocenters. The number of hydrogen-bond acceptors (Lipinski definition) is 4. The molecule has 4 aromatic rings. The number of benzene rings is 3. The topological polar surface area (TPSA) is 49.2 Å². The van der Waals surface area contributed by atoms with Crippen LogP contribution in [-0.2, 0) is 0 Å². The summed E-state index contributed by atoms with van der Waals surface area (Å²) in [5, 5.41) is 9.14. The molecule has 0 radical (unpaired) electrons. The van der Waals surface area contributed by atoms with Gasteiger partial charge in [0.15, 0.2) is 0 Å². The maximum atomic E-state index is 5.25. The van der Waals surface area contributed by atoms with Gasteiger partial charge < -0.3 is 9.47 Å². The van der Waals surface area contributed by atoms with Crippen LogP contribution < -0.4 is 9.47 Å². The van der Waals surface area contributed by atoms with E-state index in [1.165, 1.54) is 0 Å². The molecule has 134 valence electrons. The number of para-hydroxylation sites is 1. The van der Waals surface area contributed by atoms with Crippen molar-refractivity contribution in [3.8, 4) is 39.6 Å². The maximum absolute atomic E-state index is 5.25. The van der Waals surface area contributed by atoms with Gasteiger partial charge in [-0.15, -0.1) is 5.10 Å². The summed E-state index contributed by atoms with van der Waals surface area (Å²) in [6.45, 7) is 0. The lowest BCUT2D eigenvalue weighted by Gasteiger charge is -2.09. The van der Waals surface area contributed by atoms with Crippen LogP contribution in [0.2, 0.25) is 0 Å². The van der Waals surface area contributed by atoms with Crippen LogP contribution in [0, 0.1) is 0 Å². The van der Waals surface area contributed by atoms with Gasteiger partial charge in [-0.1, -0.05) is 30.3 Å². The Bertz CT molecular complexity index is 1040.